The minimum absolute atomic E-state index is 0.0294. The van der Waals surface area contributed by atoms with Crippen molar-refractivity contribution >= 4 is 63.4 Å². The van der Waals surface area contributed by atoms with E-state index in [4.69, 9.17) is 0 Å². The van der Waals surface area contributed by atoms with Gasteiger partial charge in [0.1, 0.15) is 5.82 Å². The Balaban J connectivity index is 1.57. The van der Waals surface area contributed by atoms with Crippen molar-refractivity contribution in [3.05, 3.63) is 57.9 Å². The Morgan fingerprint density at radius 2 is 1.81 bits per heavy atom. The zero-order chi connectivity index (χ0) is 18.7. The van der Waals surface area contributed by atoms with Crippen molar-refractivity contribution in [3.8, 4) is 0 Å². The van der Waals surface area contributed by atoms with Crippen LogP contribution in [0.4, 0.5) is 15.8 Å². The molecule has 0 unspecified atom stereocenters. The van der Waals surface area contributed by atoms with E-state index in [-0.39, 0.29) is 35.7 Å². The van der Waals surface area contributed by atoms with Crippen LogP contribution >= 0.6 is 34.4 Å². The summed E-state index contributed by atoms with van der Waals surface area (Å²) in [4.78, 5) is 37.9. The summed E-state index contributed by atoms with van der Waals surface area (Å²) in [6.45, 7) is 0. The standard InChI is InChI=1S/C18H14FIN2O3S/c19-11-1-5-13(6-2-11)21-16(23)10-26-15-9-17(24)22(18(15)25)14-7-3-12(20)4-8-14/h1-8,15H,9-10H2,(H,21,23)/t15-/m0/s1. The predicted octanol–water partition coefficient (Wildman–Crippen LogP) is 3.43. The van der Waals surface area contributed by atoms with Crippen LogP contribution in [0.1, 0.15) is 6.42 Å². The Labute approximate surface area is 167 Å². The van der Waals surface area contributed by atoms with Gasteiger partial charge in [0.05, 0.1) is 16.7 Å². The number of nitrogens with one attached hydrogen (secondary N) is 1. The summed E-state index contributed by atoms with van der Waals surface area (Å²) >= 11 is 3.28. The van der Waals surface area contributed by atoms with Gasteiger partial charge in [-0.15, -0.1) is 11.8 Å². The van der Waals surface area contributed by atoms with Gasteiger partial charge in [0.25, 0.3) is 0 Å². The summed E-state index contributed by atoms with van der Waals surface area (Å²) in [6.07, 6.45) is 0.0688. The number of hydrogen-bond donors (Lipinski definition) is 1. The minimum Gasteiger partial charge on any atom is -0.325 e. The average molecular weight is 484 g/mol. The molecule has 5 nitrogen and oxygen atoms in total. The molecule has 2 aromatic rings. The summed E-state index contributed by atoms with van der Waals surface area (Å²) in [6, 6.07) is 12.5. The summed E-state index contributed by atoms with van der Waals surface area (Å²) < 4.78 is 13.9. The Morgan fingerprint density at radius 1 is 1.15 bits per heavy atom. The van der Waals surface area contributed by atoms with Gasteiger partial charge >= 0.3 is 0 Å². The number of nitrogens with zero attached hydrogens (tertiary/aromatic N) is 1. The van der Waals surface area contributed by atoms with Crippen LogP contribution in [0.2, 0.25) is 0 Å². The molecule has 0 bridgehead atoms. The van der Waals surface area contributed by atoms with Crippen LogP contribution in [0.15, 0.2) is 48.5 Å². The maximum Gasteiger partial charge on any atom is 0.247 e. The van der Waals surface area contributed by atoms with E-state index in [1.807, 2.05) is 12.1 Å². The fourth-order valence-corrected chi connectivity index (χ4v) is 3.79. The molecular formula is C18H14FIN2O3S. The quantitative estimate of drug-likeness (QED) is 0.522. The van der Waals surface area contributed by atoms with Crippen molar-refractivity contribution in [1.82, 2.24) is 0 Å². The zero-order valence-electron chi connectivity index (χ0n) is 13.4. The highest BCUT2D eigenvalue weighted by Crippen LogP contribution is 2.30. The smallest absolute Gasteiger partial charge is 0.247 e. The monoisotopic (exact) mass is 484 g/mol. The lowest BCUT2D eigenvalue weighted by Gasteiger charge is -2.15. The first-order valence-electron chi connectivity index (χ1n) is 7.73. The van der Waals surface area contributed by atoms with Crippen LogP contribution in [-0.2, 0) is 14.4 Å². The molecule has 1 fully saturated rings. The molecule has 1 aliphatic rings. The largest absolute Gasteiger partial charge is 0.325 e. The van der Waals surface area contributed by atoms with E-state index in [0.717, 1.165) is 15.3 Å². The molecule has 0 saturated carbocycles. The normalized spacial score (nSPS) is 16.8. The average Bonchev–Trinajstić information content (AvgIpc) is 2.90. The number of thioether (sulfide) groups is 1. The highest BCUT2D eigenvalue weighted by atomic mass is 127. The van der Waals surface area contributed by atoms with E-state index in [1.165, 1.54) is 29.2 Å². The van der Waals surface area contributed by atoms with Crippen LogP contribution in [0.3, 0.4) is 0 Å². The number of halogens is 2. The van der Waals surface area contributed by atoms with Crippen molar-refractivity contribution in [3.63, 3.8) is 0 Å². The second-order valence-corrected chi connectivity index (χ2v) is 8.04. The lowest BCUT2D eigenvalue weighted by atomic mass is 10.3. The van der Waals surface area contributed by atoms with E-state index < -0.39 is 5.25 Å². The third-order valence-corrected chi connectivity index (χ3v) is 5.65. The van der Waals surface area contributed by atoms with Gasteiger partial charge in [-0.2, -0.15) is 0 Å². The number of carbonyl (C=O) groups excluding carboxylic acids is 3. The maximum absolute atomic E-state index is 12.9. The molecule has 134 valence electrons. The second kappa shape index (κ2) is 8.17. The summed E-state index contributed by atoms with van der Waals surface area (Å²) in [7, 11) is 0. The first-order valence-corrected chi connectivity index (χ1v) is 9.86. The Morgan fingerprint density at radius 3 is 2.46 bits per heavy atom. The number of imide groups is 1. The van der Waals surface area contributed by atoms with E-state index in [9.17, 15) is 18.8 Å². The number of amides is 3. The lowest BCUT2D eigenvalue weighted by molar-refractivity contribution is -0.121. The van der Waals surface area contributed by atoms with Crippen molar-refractivity contribution in [2.45, 2.75) is 11.7 Å². The van der Waals surface area contributed by atoms with Crippen LogP contribution < -0.4 is 10.2 Å². The van der Waals surface area contributed by atoms with E-state index in [2.05, 4.69) is 27.9 Å². The molecule has 8 heteroatoms. The minimum atomic E-state index is -0.583. The van der Waals surface area contributed by atoms with Crippen molar-refractivity contribution in [1.29, 1.82) is 0 Å². The molecule has 3 amide bonds. The van der Waals surface area contributed by atoms with E-state index in [1.54, 1.807) is 12.1 Å². The topological polar surface area (TPSA) is 66.5 Å². The highest BCUT2D eigenvalue weighted by molar-refractivity contribution is 14.1. The van der Waals surface area contributed by atoms with Crippen LogP contribution in [0, 0.1) is 9.39 Å². The third kappa shape index (κ3) is 4.42. The number of carbonyl (C=O) groups is 3. The molecule has 1 heterocycles. The number of anilines is 2. The third-order valence-electron chi connectivity index (χ3n) is 3.73. The SMILES string of the molecule is O=C(CS[C@H]1CC(=O)N(c2ccc(I)cc2)C1=O)Nc1ccc(F)cc1. The first kappa shape index (κ1) is 18.8. The molecule has 1 N–H and O–H groups in total. The van der Waals surface area contributed by atoms with Crippen LogP contribution in [0.25, 0.3) is 0 Å². The van der Waals surface area contributed by atoms with Gasteiger partial charge in [-0.3, -0.25) is 14.4 Å². The fourth-order valence-electron chi connectivity index (χ4n) is 2.50. The van der Waals surface area contributed by atoms with Gasteiger partial charge in [0, 0.05) is 15.7 Å². The molecule has 0 aromatic heterocycles. The highest BCUT2D eigenvalue weighted by Gasteiger charge is 2.40. The molecule has 0 spiro atoms. The molecular weight excluding hydrogens is 470 g/mol. The van der Waals surface area contributed by atoms with Gasteiger partial charge in [0.15, 0.2) is 0 Å². The fraction of sp³-hybridized carbons (Fsp3) is 0.167. The van der Waals surface area contributed by atoms with Crippen molar-refractivity contribution < 1.29 is 18.8 Å². The summed E-state index contributed by atoms with van der Waals surface area (Å²) in [5, 5.41) is 2.05. The van der Waals surface area contributed by atoms with Crippen molar-refractivity contribution in [2.75, 3.05) is 16.0 Å². The van der Waals surface area contributed by atoms with E-state index in [0.29, 0.717) is 11.4 Å². The summed E-state index contributed by atoms with van der Waals surface area (Å²) in [5.74, 6) is -1.25. The first-order chi connectivity index (χ1) is 12.4. The molecule has 3 rings (SSSR count). The molecule has 0 aliphatic carbocycles. The molecule has 1 aliphatic heterocycles. The maximum atomic E-state index is 12.9. The molecule has 26 heavy (non-hydrogen) atoms. The van der Waals surface area contributed by atoms with Crippen LogP contribution in [0.5, 0.6) is 0 Å². The van der Waals surface area contributed by atoms with Gasteiger partial charge in [-0.1, -0.05) is 0 Å². The van der Waals surface area contributed by atoms with Gasteiger partial charge in [-0.05, 0) is 71.1 Å². The molecule has 2 aromatic carbocycles. The number of rotatable bonds is 5. The van der Waals surface area contributed by atoms with Crippen molar-refractivity contribution in [2.24, 2.45) is 0 Å². The zero-order valence-corrected chi connectivity index (χ0v) is 16.4. The van der Waals surface area contributed by atoms with Crippen LogP contribution in [-0.4, -0.2) is 28.7 Å². The Kier molecular flexibility index (Phi) is 5.92. The van der Waals surface area contributed by atoms with E-state index >= 15 is 0 Å². The Hall–Kier alpha value is -1.94. The Bertz CT molecular complexity index is 843. The van der Waals surface area contributed by atoms with Gasteiger partial charge in [0.2, 0.25) is 17.7 Å². The molecule has 1 saturated heterocycles. The lowest BCUT2D eigenvalue weighted by Crippen LogP contribution is -2.31. The predicted molar refractivity (Wildman–Crippen MR) is 108 cm³/mol. The number of hydrogen-bond acceptors (Lipinski definition) is 4. The summed E-state index contributed by atoms with van der Waals surface area (Å²) in [5.41, 5.74) is 1.02. The second-order valence-electron chi connectivity index (χ2n) is 5.60. The molecule has 0 radical (unpaired) electrons. The number of benzene rings is 2. The van der Waals surface area contributed by atoms with Gasteiger partial charge < -0.3 is 5.32 Å². The molecule has 1 atom stereocenters. The van der Waals surface area contributed by atoms with Gasteiger partial charge in [-0.25, -0.2) is 9.29 Å².